The molecule has 2 N–H and O–H groups in total. The molecule has 0 saturated carbocycles. The van der Waals surface area contributed by atoms with Crippen molar-refractivity contribution in [3.05, 3.63) is 72.1 Å². The van der Waals surface area contributed by atoms with Gasteiger partial charge < -0.3 is 15.2 Å². The van der Waals surface area contributed by atoms with Gasteiger partial charge in [-0.3, -0.25) is 0 Å². The summed E-state index contributed by atoms with van der Waals surface area (Å²) in [5.74, 6) is 1.39. The SMILES string of the molecule is COc1cccc(/C=C/c2cnc(Nc3ccc(S(=O)(=O)N4CCC(CO)CC4)cc3)nc2)c1. The summed E-state index contributed by atoms with van der Waals surface area (Å²) < 4.78 is 32.5. The molecule has 0 atom stereocenters. The number of hydrogen-bond acceptors (Lipinski definition) is 7. The smallest absolute Gasteiger partial charge is 0.243 e. The maximum absolute atomic E-state index is 12.9. The highest BCUT2D eigenvalue weighted by molar-refractivity contribution is 7.89. The van der Waals surface area contributed by atoms with Crippen LogP contribution in [0.4, 0.5) is 11.6 Å². The Bertz CT molecular complexity index is 1220. The third-order valence-electron chi connectivity index (χ3n) is 5.81. The first-order valence-corrected chi connectivity index (χ1v) is 12.5. The van der Waals surface area contributed by atoms with E-state index in [0.29, 0.717) is 37.6 Å². The van der Waals surface area contributed by atoms with E-state index in [0.717, 1.165) is 16.9 Å². The molecule has 8 nitrogen and oxygen atoms in total. The zero-order chi connectivity index (χ0) is 24.0. The van der Waals surface area contributed by atoms with Crippen molar-refractivity contribution >= 4 is 33.8 Å². The lowest BCUT2D eigenvalue weighted by Crippen LogP contribution is -2.39. The number of aliphatic hydroxyl groups is 1. The van der Waals surface area contributed by atoms with Gasteiger partial charge in [-0.15, -0.1) is 0 Å². The van der Waals surface area contributed by atoms with Crippen molar-refractivity contribution in [1.82, 2.24) is 14.3 Å². The molecule has 0 radical (unpaired) electrons. The average Bonchev–Trinajstić information content (AvgIpc) is 2.89. The molecule has 34 heavy (non-hydrogen) atoms. The number of ether oxygens (including phenoxy) is 1. The molecule has 0 aliphatic carbocycles. The van der Waals surface area contributed by atoms with Crippen LogP contribution in [-0.4, -0.2) is 54.6 Å². The maximum Gasteiger partial charge on any atom is 0.243 e. The lowest BCUT2D eigenvalue weighted by atomic mass is 10.00. The molecule has 2 aromatic carbocycles. The molecular weight excluding hydrogens is 452 g/mol. The van der Waals surface area contributed by atoms with E-state index in [1.54, 1.807) is 43.8 Å². The van der Waals surface area contributed by atoms with Crippen molar-refractivity contribution in [2.45, 2.75) is 17.7 Å². The number of benzene rings is 2. The fourth-order valence-corrected chi connectivity index (χ4v) is 5.22. The summed E-state index contributed by atoms with van der Waals surface area (Å²) in [6.07, 6.45) is 8.65. The molecule has 3 aromatic rings. The van der Waals surface area contributed by atoms with Gasteiger partial charge in [0.15, 0.2) is 0 Å². The Morgan fingerprint density at radius 1 is 1.06 bits per heavy atom. The highest BCUT2D eigenvalue weighted by Crippen LogP contribution is 2.25. The molecule has 1 fully saturated rings. The fourth-order valence-electron chi connectivity index (χ4n) is 3.75. The van der Waals surface area contributed by atoms with E-state index in [9.17, 15) is 13.5 Å². The number of nitrogens with one attached hydrogen (secondary N) is 1. The molecule has 2 heterocycles. The Balaban J connectivity index is 1.37. The van der Waals surface area contributed by atoms with Crippen LogP contribution in [-0.2, 0) is 10.0 Å². The maximum atomic E-state index is 12.9. The molecule has 178 valence electrons. The van der Waals surface area contributed by atoms with Crippen molar-refractivity contribution < 1.29 is 18.3 Å². The van der Waals surface area contributed by atoms with Crippen LogP contribution >= 0.6 is 0 Å². The Morgan fingerprint density at radius 2 is 1.74 bits per heavy atom. The van der Waals surface area contributed by atoms with Crippen molar-refractivity contribution in [2.24, 2.45) is 5.92 Å². The van der Waals surface area contributed by atoms with Crippen LogP contribution in [0.1, 0.15) is 24.0 Å². The highest BCUT2D eigenvalue weighted by Gasteiger charge is 2.29. The summed E-state index contributed by atoms with van der Waals surface area (Å²) >= 11 is 0. The number of sulfonamides is 1. The van der Waals surface area contributed by atoms with E-state index in [1.165, 1.54) is 4.31 Å². The van der Waals surface area contributed by atoms with E-state index in [2.05, 4.69) is 15.3 Å². The Hall–Kier alpha value is -3.27. The Labute approximate surface area is 200 Å². The van der Waals surface area contributed by atoms with Crippen LogP contribution in [0.15, 0.2) is 65.8 Å². The van der Waals surface area contributed by atoms with Gasteiger partial charge >= 0.3 is 0 Å². The predicted molar refractivity (Wildman–Crippen MR) is 132 cm³/mol. The van der Waals surface area contributed by atoms with Gasteiger partial charge in [-0.1, -0.05) is 24.3 Å². The van der Waals surface area contributed by atoms with E-state index >= 15 is 0 Å². The molecule has 9 heteroatoms. The van der Waals surface area contributed by atoms with Crippen molar-refractivity contribution in [1.29, 1.82) is 0 Å². The van der Waals surface area contributed by atoms with Gasteiger partial charge in [-0.2, -0.15) is 4.31 Å². The van der Waals surface area contributed by atoms with E-state index < -0.39 is 10.0 Å². The molecule has 1 aromatic heterocycles. The van der Waals surface area contributed by atoms with E-state index in [-0.39, 0.29) is 17.4 Å². The standard InChI is InChI=1S/C25H28N4O4S/c1-33-23-4-2-3-19(15-23)5-6-21-16-26-25(27-17-21)28-22-7-9-24(10-8-22)34(31,32)29-13-11-20(18-30)12-14-29/h2-10,15-17,20,30H,11-14,18H2,1H3,(H,26,27,28)/b6-5+. The second-order valence-electron chi connectivity index (χ2n) is 8.13. The van der Waals surface area contributed by atoms with Gasteiger partial charge in [0.2, 0.25) is 16.0 Å². The fraction of sp³-hybridized carbons (Fsp3) is 0.280. The normalized spacial score (nSPS) is 15.5. The molecule has 1 aliphatic rings. The van der Waals surface area contributed by atoms with E-state index in [1.807, 2.05) is 36.4 Å². The van der Waals surface area contributed by atoms with Crippen LogP contribution < -0.4 is 10.1 Å². The number of hydrogen-bond donors (Lipinski definition) is 2. The van der Waals surface area contributed by atoms with E-state index in [4.69, 9.17) is 4.74 Å². The van der Waals surface area contributed by atoms with Gasteiger partial charge in [-0.25, -0.2) is 18.4 Å². The van der Waals surface area contributed by atoms with Crippen molar-refractivity contribution in [2.75, 3.05) is 32.1 Å². The van der Waals surface area contributed by atoms with Gasteiger partial charge in [0, 0.05) is 43.3 Å². The summed E-state index contributed by atoms with van der Waals surface area (Å²) in [6.45, 7) is 0.968. The first kappa shape index (κ1) is 23.9. The number of anilines is 2. The molecule has 1 saturated heterocycles. The average molecular weight is 481 g/mol. The molecular formula is C25H28N4O4S. The first-order chi connectivity index (χ1) is 16.5. The quantitative estimate of drug-likeness (QED) is 0.505. The van der Waals surface area contributed by atoms with Crippen LogP contribution in [0.2, 0.25) is 0 Å². The van der Waals surface area contributed by atoms with Crippen molar-refractivity contribution in [3.63, 3.8) is 0 Å². The summed E-state index contributed by atoms with van der Waals surface area (Å²) in [4.78, 5) is 8.92. The third kappa shape index (κ3) is 5.80. The number of aliphatic hydroxyl groups excluding tert-OH is 1. The van der Waals surface area contributed by atoms with Crippen LogP contribution in [0.3, 0.4) is 0 Å². The number of rotatable bonds is 8. The Morgan fingerprint density at radius 3 is 2.38 bits per heavy atom. The largest absolute Gasteiger partial charge is 0.497 e. The summed E-state index contributed by atoms with van der Waals surface area (Å²) in [7, 11) is -1.91. The van der Waals surface area contributed by atoms with Gasteiger partial charge in [-0.05, 0) is 60.7 Å². The van der Waals surface area contributed by atoms with Crippen LogP contribution in [0, 0.1) is 5.92 Å². The molecule has 0 amide bonds. The molecule has 0 spiro atoms. The number of methoxy groups -OCH3 is 1. The summed E-state index contributed by atoms with van der Waals surface area (Å²) in [5.41, 5.74) is 2.55. The topological polar surface area (TPSA) is 105 Å². The summed E-state index contributed by atoms with van der Waals surface area (Å²) in [6, 6.07) is 14.3. The highest BCUT2D eigenvalue weighted by atomic mass is 32.2. The second-order valence-corrected chi connectivity index (χ2v) is 10.1. The zero-order valence-electron chi connectivity index (χ0n) is 19.0. The number of nitrogens with zero attached hydrogens (tertiary/aromatic N) is 3. The second kappa shape index (κ2) is 10.8. The molecule has 0 unspecified atom stereocenters. The minimum absolute atomic E-state index is 0.107. The number of aromatic nitrogens is 2. The molecule has 0 bridgehead atoms. The summed E-state index contributed by atoms with van der Waals surface area (Å²) in [5, 5.41) is 12.4. The van der Waals surface area contributed by atoms with Gasteiger partial charge in [0.05, 0.1) is 12.0 Å². The molecule has 1 aliphatic heterocycles. The lowest BCUT2D eigenvalue weighted by molar-refractivity contribution is 0.170. The van der Waals surface area contributed by atoms with Crippen LogP contribution in [0.25, 0.3) is 12.2 Å². The van der Waals surface area contributed by atoms with Crippen LogP contribution in [0.5, 0.6) is 5.75 Å². The lowest BCUT2D eigenvalue weighted by Gasteiger charge is -2.30. The molecule has 4 rings (SSSR count). The zero-order valence-corrected chi connectivity index (χ0v) is 19.8. The predicted octanol–water partition coefficient (Wildman–Crippen LogP) is 3.79. The third-order valence-corrected chi connectivity index (χ3v) is 7.73. The monoisotopic (exact) mass is 480 g/mol. The van der Waals surface area contributed by atoms with Gasteiger partial charge in [0.25, 0.3) is 0 Å². The van der Waals surface area contributed by atoms with Crippen molar-refractivity contribution in [3.8, 4) is 5.75 Å². The minimum atomic E-state index is -3.55. The Kier molecular flexibility index (Phi) is 7.56. The number of piperidine rings is 1. The first-order valence-electron chi connectivity index (χ1n) is 11.1. The minimum Gasteiger partial charge on any atom is -0.497 e. The van der Waals surface area contributed by atoms with Gasteiger partial charge in [0.1, 0.15) is 5.75 Å².